The number of methoxy groups -OCH3 is 2. The number of esters is 1. The van der Waals surface area contributed by atoms with E-state index in [9.17, 15) is 4.79 Å². The van der Waals surface area contributed by atoms with Crippen LogP contribution in [0.4, 0.5) is 0 Å². The van der Waals surface area contributed by atoms with Gasteiger partial charge in [-0.1, -0.05) is 11.6 Å². The third-order valence-corrected chi connectivity index (χ3v) is 7.02. The summed E-state index contributed by atoms with van der Waals surface area (Å²) in [5.74, 6) is 0.471. The summed E-state index contributed by atoms with van der Waals surface area (Å²) in [6.45, 7) is 8.12. The van der Waals surface area contributed by atoms with Gasteiger partial charge < -0.3 is 18.6 Å². The molecule has 6 nitrogen and oxygen atoms in total. The molecule has 0 aliphatic rings. The third kappa shape index (κ3) is 3.68. The fourth-order valence-electron chi connectivity index (χ4n) is 5.07. The van der Waals surface area contributed by atoms with Crippen LogP contribution in [0.5, 0.6) is 0 Å². The summed E-state index contributed by atoms with van der Waals surface area (Å²) in [5.41, 5.74) is 7.39. The van der Waals surface area contributed by atoms with Gasteiger partial charge in [0, 0.05) is 42.1 Å². The number of carbonyl (C=O) groups excluding carboxylic acids is 1. The van der Waals surface area contributed by atoms with Gasteiger partial charge in [0.15, 0.2) is 0 Å². The summed E-state index contributed by atoms with van der Waals surface area (Å²) >= 11 is 6.69. The zero-order chi connectivity index (χ0) is 24.9. The lowest BCUT2D eigenvalue weighted by Gasteiger charge is -2.10. The van der Waals surface area contributed by atoms with Gasteiger partial charge >= 0.3 is 5.97 Å². The minimum atomic E-state index is -0.363. The van der Waals surface area contributed by atoms with Crippen molar-refractivity contribution in [2.45, 2.75) is 33.9 Å². The highest BCUT2D eigenvalue weighted by Crippen LogP contribution is 2.37. The smallest absolute Gasteiger partial charge is 0.338 e. The summed E-state index contributed by atoms with van der Waals surface area (Å²) in [5, 5.41) is 3.04. The molecule has 0 unspecified atom stereocenters. The molecule has 2 heterocycles. The monoisotopic (exact) mass is 489 g/mol. The lowest BCUT2D eigenvalue weighted by atomic mass is 10.1. The molecule has 0 radical (unpaired) electrons. The van der Waals surface area contributed by atoms with Gasteiger partial charge in [-0.2, -0.15) is 0 Å². The number of aryl methyl sites for hydroxylation is 3. The predicted molar refractivity (Wildman–Crippen MR) is 142 cm³/mol. The fraction of sp³-hybridized carbons (Fsp3) is 0.286. The van der Waals surface area contributed by atoms with E-state index in [1.807, 2.05) is 19.1 Å². The molecular formula is C28H28ClN3O3. The molecule has 0 amide bonds. The van der Waals surface area contributed by atoms with Gasteiger partial charge in [-0.3, -0.25) is 0 Å². The zero-order valence-electron chi connectivity index (χ0n) is 20.6. The van der Waals surface area contributed by atoms with Crippen LogP contribution < -0.4 is 0 Å². The number of nitrogens with zero attached hydrogens (tertiary/aromatic N) is 3. The molecule has 2 aromatic heterocycles. The van der Waals surface area contributed by atoms with Gasteiger partial charge in [0.25, 0.3) is 0 Å². The van der Waals surface area contributed by atoms with Crippen LogP contribution in [0.3, 0.4) is 0 Å². The van der Waals surface area contributed by atoms with Crippen molar-refractivity contribution in [3.8, 4) is 11.4 Å². The van der Waals surface area contributed by atoms with Crippen LogP contribution in [0.2, 0.25) is 5.02 Å². The second-order valence-electron chi connectivity index (χ2n) is 8.80. The zero-order valence-corrected chi connectivity index (χ0v) is 21.4. The van der Waals surface area contributed by atoms with Crippen molar-refractivity contribution in [2.24, 2.45) is 0 Å². The van der Waals surface area contributed by atoms with E-state index >= 15 is 0 Å². The average Bonchev–Trinajstić information content (AvgIpc) is 3.38. The van der Waals surface area contributed by atoms with Crippen LogP contribution in [-0.2, 0) is 22.6 Å². The van der Waals surface area contributed by atoms with Crippen molar-refractivity contribution >= 4 is 50.4 Å². The number of carbonyl (C=O) groups is 1. The Morgan fingerprint density at radius 2 is 1.77 bits per heavy atom. The molecule has 5 rings (SSSR count). The number of rotatable bonds is 6. The Labute approximate surface area is 209 Å². The van der Waals surface area contributed by atoms with Gasteiger partial charge in [0.1, 0.15) is 5.82 Å². The van der Waals surface area contributed by atoms with Crippen LogP contribution in [-0.4, -0.2) is 40.9 Å². The second kappa shape index (κ2) is 9.02. The molecule has 180 valence electrons. The predicted octanol–water partition coefficient (Wildman–Crippen LogP) is 6.53. The van der Waals surface area contributed by atoms with Crippen LogP contribution in [0, 0.1) is 13.8 Å². The number of hydrogen-bond donors (Lipinski definition) is 0. The number of halogens is 1. The summed E-state index contributed by atoms with van der Waals surface area (Å²) in [6.07, 6.45) is 0. The van der Waals surface area contributed by atoms with Crippen LogP contribution in [0.1, 0.15) is 28.4 Å². The highest BCUT2D eigenvalue weighted by atomic mass is 35.5. The summed E-state index contributed by atoms with van der Waals surface area (Å²) in [7, 11) is 3.08. The molecule has 3 aromatic carbocycles. The van der Waals surface area contributed by atoms with Gasteiger partial charge in [-0.25, -0.2) is 9.78 Å². The first-order valence-electron chi connectivity index (χ1n) is 11.7. The van der Waals surface area contributed by atoms with Crippen LogP contribution in [0.15, 0.2) is 42.5 Å². The molecule has 0 aliphatic carbocycles. The molecule has 0 fully saturated rings. The fourth-order valence-corrected chi connectivity index (χ4v) is 5.45. The van der Waals surface area contributed by atoms with Crippen LogP contribution >= 0.6 is 11.6 Å². The number of benzene rings is 3. The van der Waals surface area contributed by atoms with E-state index in [1.165, 1.54) is 7.11 Å². The van der Waals surface area contributed by atoms with Crippen molar-refractivity contribution < 1.29 is 14.3 Å². The Morgan fingerprint density at radius 3 is 2.49 bits per heavy atom. The van der Waals surface area contributed by atoms with Crippen molar-refractivity contribution in [2.75, 3.05) is 20.8 Å². The maximum Gasteiger partial charge on any atom is 0.338 e. The number of hydrogen-bond acceptors (Lipinski definition) is 4. The molecule has 35 heavy (non-hydrogen) atoms. The minimum absolute atomic E-state index is 0.363. The molecular weight excluding hydrogens is 462 g/mol. The Balaban J connectivity index is 1.79. The van der Waals surface area contributed by atoms with E-state index in [-0.39, 0.29) is 5.97 Å². The Morgan fingerprint density at radius 1 is 1.00 bits per heavy atom. The topological polar surface area (TPSA) is 58.3 Å². The normalized spacial score (nSPS) is 11.7. The standard InChI is InChI=1S/C28H28ClN3O3/c1-6-31-23-9-7-18(15-20(23)21-13-16(2)14-22(29)26(21)31)27-30-25-17(3)19(28(33)35-5)8-10-24(25)32(27)11-12-34-4/h7-10,13-15H,6,11-12H2,1-5H3. The summed E-state index contributed by atoms with van der Waals surface area (Å²) in [4.78, 5) is 17.3. The molecule has 0 spiro atoms. The van der Waals surface area contributed by atoms with Gasteiger partial charge in [0.2, 0.25) is 0 Å². The second-order valence-corrected chi connectivity index (χ2v) is 9.20. The Hall–Kier alpha value is -3.35. The molecule has 7 heteroatoms. The quantitative estimate of drug-likeness (QED) is 0.254. The molecule has 5 aromatic rings. The van der Waals surface area contributed by atoms with E-state index in [4.69, 9.17) is 26.1 Å². The molecule has 0 N–H and O–H groups in total. The first-order chi connectivity index (χ1) is 16.9. The Bertz CT molecular complexity index is 1610. The minimum Gasteiger partial charge on any atom is -0.465 e. The van der Waals surface area contributed by atoms with Gasteiger partial charge in [0.05, 0.1) is 40.9 Å². The lowest BCUT2D eigenvalue weighted by Crippen LogP contribution is -2.07. The molecule has 0 atom stereocenters. The van der Waals surface area contributed by atoms with Crippen molar-refractivity contribution in [1.29, 1.82) is 0 Å². The third-order valence-electron chi connectivity index (χ3n) is 6.73. The van der Waals surface area contributed by atoms with Gasteiger partial charge in [-0.15, -0.1) is 0 Å². The Kier molecular flexibility index (Phi) is 6.03. The first kappa shape index (κ1) is 23.4. The summed E-state index contributed by atoms with van der Waals surface area (Å²) < 4.78 is 14.8. The SMILES string of the molecule is CCn1c2ccc(-c3nc4c(C)c(C(=O)OC)ccc4n3CCOC)cc2c2cc(C)cc(Cl)c21. The average molecular weight is 490 g/mol. The van der Waals surface area contributed by atoms with E-state index in [0.29, 0.717) is 18.7 Å². The summed E-state index contributed by atoms with van der Waals surface area (Å²) in [6, 6.07) is 14.4. The van der Waals surface area contributed by atoms with Crippen molar-refractivity contribution in [3.63, 3.8) is 0 Å². The van der Waals surface area contributed by atoms with Crippen LogP contribution in [0.25, 0.3) is 44.2 Å². The van der Waals surface area contributed by atoms with E-state index in [1.54, 1.807) is 13.2 Å². The van der Waals surface area contributed by atoms with Crippen molar-refractivity contribution in [1.82, 2.24) is 14.1 Å². The molecule has 0 bridgehead atoms. The molecule has 0 saturated carbocycles. The number of imidazole rings is 1. The molecule has 0 saturated heterocycles. The first-order valence-corrected chi connectivity index (χ1v) is 12.1. The van der Waals surface area contributed by atoms with E-state index in [0.717, 1.165) is 66.9 Å². The van der Waals surface area contributed by atoms with E-state index in [2.05, 4.69) is 47.2 Å². The number of fused-ring (bicyclic) bond motifs is 4. The number of aromatic nitrogens is 3. The highest BCUT2D eigenvalue weighted by Gasteiger charge is 2.20. The lowest BCUT2D eigenvalue weighted by molar-refractivity contribution is 0.0600. The number of ether oxygens (including phenoxy) is 2. The molecule has 0 aliphatic heterocycles. The highest BCUT2D eigenvalue weighted by molar-refractivity contribution is 6.36. The van der Waals surface area contributed by atoms with Crippen molar-refractivity contribution in [3.05, 3.63) is 64.2 Å². The maximum absolute atomic E-state index is 12.3. The van der Waals surface area contributed by atoms with Gasteiger partial charge in [-0.05, 0) is 74.4 Å². The largest absolute Gasteiger partial charge is 0.465 e. The maximum atomic E-state index is 12.3. The van der Waals surface area contributed by atoms with E-state index < -0.39 is 0 Å².